The Bertz CT molecular complexity index is 1030. The number of carbonyl (C=O) groups is 2. The number of aromatic amines is 1. The molecule has 1 fully saturated rings. The lowest BCUT2D eigenvalue weighted by Crippen LogP contribution is -2.50. The molecular weight excluding hydrogens is 387 g/mol. The van der Waals surface area contributed by atoms with Crippen LogP contribution in [0.2, 0.25) is 10.0 Å². The Labute approximate surface area is 165 Å². The number of H-pyrrole nitrogens is 1. The van der Waals surface area contributed by atoms with Gasteiger partial charge in [0.1, 0.15) is 0 Å². The molecule has 0 bridgehead atoms. The number of benzene rings is 2. The normalized spacial score (nSPS) is 14.6. The van der Waals surface area contributed by atoms with E-state index in [1.54, 1.807) is 46.5 Å². The van der Waals surface area contributed by atoms with E-state index in [0.29, 0.717) is 47.4 Å². The predicted octanol–water partition coefficient (Wildman–Crippen LogP) is 3.47. The maximum atomic E-state index is 12.8. The SMILES string of the molecule is O=C(c1ccc2nc[nH]c2c1)N1CCN(C(=O)c2ccc(Cl)cc2Cl)CC1. The zero-order valence-corrected chi connectivity index (χ0v) is 15.8. The van der Waals surface area contributed by atoms with Crippen LogP contribution in [0.3, 0.4) is 0 Å². The minimum Gasteiger partial charge on any atom is -0.345 e. The van der Waals surface area contributed by atoms with E-state index < -0.39 is 0 Å². The fraction of sp³-hybridized carbons (Fsp3) is 0.211. The van der Waals surface area contributed by atoms with Crippen molar-refractivity contribution < 1.29 is 9.59 Å². The van der Waals surface area contributed by atoms with Gasteiger partial charge in [-0.2, -0.15) is 0 Å². The van der Waals surface area contributed by atoms with E-state index in [1.807, 2.05) is 6.07 Å². The summed E-state index contributed by atoms with van der Waals surface area (Å²) in [5, 5.41) is 0.820. The Balaban J connectivity index is 1.43. The molecule has 0 unspecified atom stereocenters. The third-order valence-corrected chi connectivity index (χ3v) is 5.23. The van der Waals surface area contributed by atoms with Gasteiger partial charge in [0, 0.05) is 36.8 Å². The number of carbonyl (C=O) groups excluding carboxylic acids is 2. The Morgan fingerprint density at radius 3 is 2.33 bits per heavy atom. The smallest absolute Gasteiger partial charge is 0.255 e. The average molecular weight is 403 g/mol. The van der Waals surface area contributed by atoms with Gasteiger partial charge in [-0.15, -0.1) is 0 Å². The number of rotatable bonds is 2. The lowest BCUT2D eigenvalue weighted by atomic mass is 10.1. The van der Waals surface area contributed by atoms with Gasteiger partial charge in [-0.05, 0) is 36.4 Å². The second kappa shape index (κ2) is 7.21. The number of nitrogens with one attached hydrogen (secondary N) is 1. The first-order chi connectivity index (χ1) is 13.0. The van der Waals surface area contributed by atoms with Crippen LogP contribution in [0.15, 0.2) is 42.7 Å². The molecule has 2 amide bonds. The van der Waals surface area contributed by atoms with Crippen LogP contribution >= 0.6 is 23.2 Å². The molecule has 2 heterocycles. The van der Waals surface area contributed by atoms with Crippen molar-refractivity contribution in [2.45, 2.75) is 0 Å². The molecule has 6 nitrogen and oxygen atoms in total. The number of imidazole rings is 1. The molecule has 1 aliphatic rings. The van der Waals surface area contributed by atoms with E-state index in [1.165, 1.54) is 0 Å². The van der Waals surface area contributed by atoms with Crippen molar-refractivity contribution in [1.29, 1.82) is 0 Å². The largest absolute Gasteiger partial charge is 0.345 e. The van der Waals surface area contributed by atoms with Gasteiger partial charge in [0.05, 0.1) is 27.9 Å². The minimum atomic E-state index is -0.150. The standard InChI is InChI=1S/C19H16Cl2N4O2/c20-13-2-3-14(15(21)10-13)19(27)25-7-5-24(6-8-25)18(26)12-1-4-16-17(9-12)23-11-22-16/h1-4,9-11H,5-8H2,(H,22,23). The van der Waals surface area contributed by atoms with Crippen molar-refractivity contribution in [3.63, 3.8) is 0 Å². The zero-order valence-electron chi connectivity index (χ0n) is 14.3. The van der Waals surface area contributed by atoms with Crippen molar-refractivity contribution in [3.8, 4) is 0 Å². The molecule has 1 N–H and O–H groups in total. The number of hydrogen-bond acceptors (Lipinski definition) is 3. The van der Waals surface area contributed by atoms with E-state index in [-0.39, 0.29) is 11.8 Å². The fourth-order valence-corrected chi connectivity index (χ4v) is 3.69. The van der Waals surface area contributed by atoms with E-state index >= 15 is 0 Å². The minimum absolute atomic E-state index is 0.0527. The summed E-state index contributed by atoms with van der Waals surface area (Å²) in [6, 6.07) is 10.2. The molecule has 0 aliphatic carbocycles. The quantitative estimate of drug-likeness (QED) is 0.713. The third-order valence-electron chi connectivity index (χ3n) is 4.68. The first-order valence-electron chi connectivity index (χ1n) is 8.49. The van der Waals surface area contributed by atoms with Crippen LogP contribution < -0.4 is 0 Å². The second-order valence-corrected chi connectivity index (χ2v) is 7.19. The van der Waals surface area contributed by atoms with Gasteiger partial charge in [0.25, 0.3) is 11.8 Å². The van der Waals surface area contributed by atoms with Crippen LogP contribution in [-0.4, -0.2) is 57.8 Å². The monoisotopic (exact) mass is 402 g/mol. The summed E-state index contributed by atoms with van der Waals surface area (Å²) in [4.78, 5) is 36.1. The first kappa shape index (κ1) is 17.8. The molecule has 0 radical (unpaired) electrons. The van der Waals surface area contributed by atoms with Crippen LogP contribution in [-0.2, 0) is 0 Å². The van der Waals surface area contributed by atoms with Gasteiger partial charge in [0.15, 0.2) is 0 Å². The van der Waals surface area contributed by atoms with Crippen LogP contribution in [0, 0.1) is 0 Å². The Kier molecular flexibility index (Phi) is 4.76. The summed E-state index contributed by atoms with van der Waals surface area (Å²) in [5.74, 6) is -0.203. The highest BCUT2D eigenvalue weighted by Crippen LogP contribution is 2.23. The van der Waals surface area contributed by atoms with Crippen LogP contribution in [0.25, 0.3) is 11.0 Å². The fourth-order valence-electron chi connectivity index (χ4n) is 3.20. The van der Waals surface area contributed by atoms with Gasteiger partial charge in [0.2, 0.25) is 0 Å². The number of fused-ring (bicyclic) bond motifs is 1. The number of nitrogens with zero attached hydrogens (tertiary/aromatic N) is 3. The van der Waals surface area contributed by atoms with E-state index in [9.17, 15) is 9.59 Å². The predicted molar refractivity (Wildman–Crippen MR) is 104 cm³/mol. The molecule has 1 aromatic heterocycles. The topological polar surface area (TPSA) is 69.3 Å². The number of aromatic nitrogens is 2. The molecule has 1 saturated heterocycles. The maximum absolute atomic E-state index is 12.8. The second-order valence-electron chi connectivity index (χ2n) is 6.34. The molecule has 4 rings (SSSR count). The van der Waals surface area contributed by atoms with Gasteiger partial charge in [-0.1, -0.05) is 23.2 Å². The molecule has 3 aromatic rings. The van der Waals surface area contributed by atoms with Crippen molar-refractivity contribution in [3.05, 3.63) is 63.9 Å². The molecule has 27 heavy (non-hydrogen) atoms. The molecule has 0 saturated carbocycles. The van der Waals surface area contributed by atoms with Crippen LogP contribution in [0.4, 0.5) is 0 Å². The van der Waals surface area contributed by atoms with Crippen molar-refractivity contribution >= 4 is 46.0 Å². The van der Waals surface area contributed by atoms with Gasteiger partial charge < -0.3 is 14.8 Å². The lowest BCUT2D eigenvalue weighted by molar-refractivity contribution is 0.0535. The summed E-state index contributed by atoms with van der Waals surface area (Å²) >= 11 is 12.0. The highest BCUT2D eigenvalue weighted by molar-refractivity contribution is 6.36. The number of hydrogen-bond donors (Lipinski definition) is 1. The summed E-state index contributed by atoms with van der Waals surface area (Å²) in [5.41, 5.74) is 2.67. The number of amides is 2. The Morgan fingerprint density at radius 2 is 1.63 bits per heavy atom. The molecule has 2 aromatic carbocycles. The molecule has 1 aliphatic heterocycles. The summed E-state index contributed by atoms with van der Waals surface area (Å²) in [6.07, 6.45) is 1.60. The molecular formula is C19H16Cl2N4O2. The third kappa shape index (κ3) is 3.50. The van der Waals surface area contributed by atoms with Crippen molar-refractivity contribution in [2.24, 2.45) is 0 Å². The summed E-state index contributed by atoms with van der Waals surface area (Å²) in [6.45, 7) is 1.85. The molecule has 138 valence electrons. The Morgan fingerprint density at radius 1 is 0.926 bits per heavy atom. The number of halogens is 2. The van der Waals surface area contributed by atoms with Gasteiger partial charge in [-0.3, -0.25) is 9.59 Å². The van der Waals surface area contributed by atoms with E-state index in [4.69, 9.17) is 23.2 Å². The van der Waals surface area contributed by atoms with Gasteiger partial charge >= 0.3 is 0 Å². The van der Waals surface area contributed by atoms with E-state index in [2.05, 4.69) is 9.97 Å². The van der Waals surface area contributed by atoms with Crippen LogP contribution in [0.1, 0.15) is 20.7 Å². The average Bonchev–Trinajstić information content (AvgIpc) is 3.15. The van der Waals surface area contributed by atoms with Crippen molar-refractivity contribution in [1.82, 2.24) is 19.8 Å². The van der Waals surface area contributed by atoms with Gasteiger partial charge in [-0.25, -0.2) is 4.98 Å². The zero-order chi connectivity index (χ0) is 19.0. The first-order valence-corrected chi connectivity index (χ1v) is 9.25. The Hall–Kier alpha value is -2.57. The summed E-state index contributed by atoms with van der Waals surface area (Å²) in [7, 11) is 0. The van der Waals surface area contributed by atoms with Crippen molar-refractivity contribution in [2.75, 3.05) is 26.2 Å². The highest BCUT2D eigenvalue weighted by Gasteiger charge is 2.26. The number of piperazine rings is 1. The molecule has 0 atom stereocenters. The summed E-state index contributed by atoms with van der Waals surface area (Å²) < 4.78 is 0. The highest BCUT2D eigenvalue weighted by atomic mass is 35.5. The molecule has 0 spiro atoms. The maximum Gasteiger partial charge on any atom is 0.255 e. The van der Waals surface area contributed by atoms with E-state index in [0.717, 1.165) is 11.0 Å². The lowest BCUT2D eigenvalue weighted by Gasteiger charge is -2.35. The molecule has 8 heteroatoms. The van der Waals surface area contributed by atoms with Crippen LogP contribution in [0.5, 0.6) is 0 Å².